The summed E-state index contributed by atoms with van der Waals surface area (Å²) >= 11 is 5.24. The first-order valence-corrected chi connectivity index (χ1v) is 7.14. The molecule has 5 heteroatoms. The number of rotatable bonds is 5. The number of hydrogen-bond donors (Lipinski definition) is 3. The van der Waals surface area contributed by atoms with Crippen molar-refractivity contribution in [2.75, 3.05) is 5.32 Å². The third kappa shape index (κ3) is 5.38. The van der Waals surface area contributed by atoms with E-state index in [1.807, 2.05) is 54.6 Å². The normalized spacial score (nSPS) is 10.4. The second kappa shape index (κ2) is 7.95. The molecule has 0 saturated carbocycles. The van der Waals surface area contributed by atoms with Crippen LogP contribution in [0.5, 0.6) is 0 Å². The molecule has 0 saturated heterocycles. The molecular weight excluding hydrogens is 296 g/mol. The summed E-state index contributed by atoms with van der Waals surface area (Å²) in [5.41, 5.74) is 2.81. The van der Waals surface area contributed by atoms with Gasteiger partial charge in [0.15, 0.2) is 5.11 Å². The number of hydrogen-bond acceptors (Lipinski definition) is 2. The lowest BCUT2D eigenvalue weighted by molar-refractivity contribution is -0.131. The summed E-state index contributed by atoms with van der Waals surface area (Å²) in [5, 5.41) is 15.3. The molecule has 4 nitrogen and oxygen atoms in total. The van der Waals surface area contributed by atoms with E-state index in [4.69, 9.17) is 17.3 Å². The lowest BCUT2D eigenvalue weighted by Gasteiger charge is -2.10. The van der Waals surface area contributed by atoms with Crippen molar-refractivity contribution >= 4 is 35.1 Å². The first-order valence-electron chi connectivity index (χ1n) is 6.73. The lowest BCUT2D eigenvalue weighted by atomic mass is 10.2. The van der Waals surface area contributed by atoms with Crippen molar-refractivity contribution in [1.82, 2.24) is 5.32 Å². The number of anilines is 1. The Labute approximate surface area is 134 Å². The molecule has 2 aromatic rings. The zero-order valence-corrected chi connectivity index (χ0v) is 12.6. The predicted molar refractivity (Wildman–Crippen MR) is 92.6 cm³/mol. The molecule has 2 rings (SSSR count). The molecule has 0 heterocycles. The van der Waals surface area contributed by atoms with Gasteiger partial charge in [0.25, 0.3) is 0 Å². The minimum atomic E-state index is -0.964. The zero-order valence-electron chi connectivity index (χ0n) is 11.8. The molecule has 0 bridgehead atoms. The molecule has 0 unspecified atom stereocenters. The highest BCUT2D eigenvalue weighted by Crippen LogP contribution is 2.10. The van der Waals surface area contributed by atoms with Gasteiger partial charge in [-0.3, -0.25) is 0 Å². The second-order valence-corrected chi connectivity index (χ2v) is 5.00. The quantitative estimate of drug-likeness (QED) is 0.584. The molecule has 2 aromatic carbocycles. The van der Waals surface area contributed by atoms with Gasteiger partial charge in [-0.2, -0.15) is 0 Å². The van der Waals surface area contributed by atoms with Crippen molar-refractivity contribution in [1.29, 1.82) is 0 Å². The highest BCUT2D eigenvalue weighted by molar-refractivity contribution is 7.80. The Kier molecular flexibility index (Phi) is 5.68. The van der Waals surface area contributed by atoms with E-state index in [-0.39, 0.29) is 0 Å². The van der Waals surface area contributed by atoms with E-state index in [1.165, 1.54) is 6.08 Å². The molecule has 22 heavy (non-hydrogen) atoms. The molecule has 0 atom stereocenters. The standard InChI is InChI=1S/C17H16N2O2S/c20-16(21)11-8-13-6-9-15(10-7-13)19-17(22)18-12-14-4-2-1-3-5-14/h1-11H,12H2,(H,20,21)(H2,18,19,22)/b11-8+. The predicted octanol–water partition coefficient (Wildman–Crippen LogP) is 3.27. The average Bonchev–Trinajstić information content (AvgIpc) is 2.53. The Balaban J connectivity index is 1.85. The van der Waals surface area contributed by atoms with Crippen LogP contribution in [-0.4, -0.2) is 16.2 Å². The first-order chi connectivity index (χ1) is 10.6. The monoisotopic (exact) mass is 312 g/mol. The van der Waals surface area contributed by atoms with Crippen molar-refractivity contribution in [2.45, 2.75) is 6.54 Å². The maximum absolute atomic E-state index is 10.4. The molecular formula is C17H16N2O2S. The SMILES string of the molecule is O=C(O)/C=C/c1ccc(NC(=S)NCc2ccccc2)cc1. The van der Waals surface area contributed by atoms with Gasteiger partial charge in [-0.15, -0.1) is 0 Å². The largest absolute Gasteiger partial charge is 0.478 e. The van der Waals surface area contributed by atoms with Crippen LogP contribution in [0.4, 0.5) is 5.69 Å². The van der Waals surface area contributed by atoms with Crippen LogP contribution >= 0.6 is 12.2 Å². The fourth-order valence-corrected chi connectivity index (χ4v) is 1.99. The van der Waals surface area contributed by atoms with Crippen LogP contribution in [0.15, 0.2) is 60.7 Å². The van der Waals surface area contributed by atoms with Crippen LogP contribution < -0.4 is 10.6 Å². The fraction of sp³-hybridized carbons (Fsp3) is 0.0588. The molecule has 0 fully saturated rings. The van der Waals surface area contributed by atoms with E-state index in [2.05, 4.69) is 10.6 Å². The van der Waals surface area contributed by atoms with Gasteiger partial charge in [-0.25, -0.2) is 4.79 Å². The van der Waals surface area contributed by atoms with Gasteiger partial charge in [0, 0.05) is 18.3 Å². The summed E-state index contributed by atoms with van der Waals surface area (Å²) in [6.07, 6.45) is 2.65. The van der Waals surface area contributed by atoms with Crippen LogP contribution in [0.1, 0.15) is 11.1 Å². The Bertz CT molecular complexity index is 667. The van der Waals surface area contributed by atoms with Gasteiger partial charge in [0.2, 0.25) is 0 Å². The van der Waals surface area contributed by atoms with Gasteiger partial charge < -0.3 is 15.7 Å². The molecule has 0 aliphatic rings. The van der Waals surface area contributed by atoms with E-state index in [1.54, 1.807) is 0 Å². The van der Waals surface area contributed by atoms with Crippen LogP contribution in [0.2, 0.25) is 0 Å². The van der Waals surface area contributed by atoms with Gasteiger partial charge in [0.1, 0.15) is 0 Å². The minimum Gasteiger partial charge on any atom is -0.478 e. The maximum Gasteiger partial charge on any atom is 0.328 e. The number of carboxylic acids is 1. The van der Waals surface area contributed by atoms with Crippen LogP contribution in [0.3, 0.4) is 0 Å². The summed E-state index contributed by atoms with van der Waals surface area (Å²) in [5.74, 6) is -0.964. The van der Waals surface area contributed by atoms with Gasteiger partial charge in [-0.05, 0) is 41.6 Å². The number of carboxylic acid groups (broad SMARTS) is 1. The fourth-order valence-electron chi connectivity index (χ4n) is 1.80. The van der Waals surface area contributed by atoms with Crippen molar-refractivity contribution in [3.8, 4) is 0 Å². The molecule has 3 N–H and O–H groups in total. The smallest absolute Gasteiger partial charge is 0.328 e. The Morgan fingerprint density at radius 3 is 2.41 bits per heavy atom. The van der Waals surface area contributed by atoms with Crippen molar-refractivity contribution in [3.05, 3.63) is 71.8 Å². The van der Waals surface area contributed by atoms with Crippen LogP contribution in [-0.2, 0) is 11.3 Å². The summed E-state index contributed by atoms with van der Waals surface area (Å²) < 4.78 is 0. The summed E-state index contributed by atoms with van der Waals surface area (Å²) in [7, 11) is 0. The van der Waals surface area contributed by atoms with Gasteiger partial charge in [0.05, 0.1) is 0 Å². The number of carbonyl (C=O) groups is 1. The Morgan fingerprint density at radius 2 is 1.77 bits per heavy atom. The van der Waals surface area contributed by atoms with Crippen LogP contribution in [0.25, 0.3) is 6.08 Å². The number of thiocarbonyl (C=S) groups is 1. The van der Waals surface area contributed by atoms with E-state index < -0.39 is 5.97 Å². The van der Waals surface area contributed by atoms with Gasteiger partial charge in [-0.1, -0.05) is 42.5 Å². The third-order valence-corrected chi connectivity index (χ3v) is 3.13. The third-order valence-electron chi connectivity index (χ3n) is 2.88. The van der Waals surface area contributed by atoms with Crippen molar-refractivity contribution < 1.29 is 9.90 Å². The second-order valence-electron chi connectivity index (χ2n) is 4.59. The highest BCUT2D eigenvalue weighted by atomic mass is 32.1. The van der Waals surface area contributed by atoms with Crippen LogP contribution in [0, 0.1) is 0 Å². The van der Waals surface area contributed by atoms with E-state index >= 15 is 0 Å². The lowest BCUT2D eigenvalue weighted by Crippen LogP contribution is -2.27. The Hall–Kier alpha value is -2.66. The average molecular weight is 312 g/mol. The van der Waals surface area contributed by atoms with Gasteiger partial charge >= 0.3 is 5.97 Å². The van der Waals surface area contributed by atoms with Crippen molar-refractivity contribution in [3.63, 3.8) is 0 Å². The molecule has 0 spiro atoms. The van der Waals surface area contributed by atoms with E-state index in [0.717, 1.165) is 22.9 Å². The van der Waals surface area contributed by atoms with Crippen molar-refractivity contribution in [2.24, 2.45) is 0 Å². The molecule has 0 amide bonds. The number of benzene rings is 2. The zero-order chi connectivity index (χ0) is 15.8. The van der Waals surface area contributed by atoms with E-state index in [0.29, 0.717) is 11.7 Å². The number of aliphatic carboxylic acids is 1. The minimum absolute atomic E-state index is 0.540. The van der Waals surface area contributed by atoms with E-state index in [9.17, 15) is 4.79 Å². The summed E-state index contributed by atoms with van der Waals surface area (Å²) in [6, 6.07) is 17.3. The number of nitrogens with one attached hydrogen (secondary N) is 2. The maximum atomic E-state index is 10.4. The molecule has 0 aromatic heterocycles. The topological polar surface area (TPSA) is 61.4 Å². The Morgan fingerprint density at radius 1 is 1.09 bits per heavy atom. The summed E-state index contributed by atoms with van der Waals surface area (Å²) in [6.45, 7) is 0.659. The molecule has 0 aliphatic heterocycles. The molecule has 0 aliphatic carbocycles. The molecule has 0 radical (unpaired) electrons. The summed E-state index contributed by atoms with van der Waals surface area (Å²) in [4.78, 5) is 10.4. The first kappa shape index (κ1) is 15.7. The molecule has 112 valence electrons. The highest BCUT2D eigenvalue weighted by Gasteiger charge is 1.98.